The van der Waals surface area contributed by atoms with Crippen LogP contribution in [0.15, 0.2) is 10.5 Å². The Morgan fingerprint density at radius 2 is 2.21 bits per heavy atom. The minimum absolute atomic E-state index is 0.0313. The molecule has 2 unspecified atom stereocenters. The summed E-state index contributed by atoms with van der Waals surface area (Å²) in [6.45, 7) is 4.84. The largest absolute Gasteiger partial charge is 0.475 e. The normalized spacial score (nSPS) is 24.1. The van der Waals surface area contributed by atoms with E-state index in [0.29, 0.717) is 18.3 Å². The summed E-state index contributed by atoms with van der Waals surface area (Å²) in [6, 6.07) is 2.18. The first kappa shape index (κ1) is 14.1. The first-order chi connectivity index (χ1) is 9.06. The van der Waals surface area contributed by atoms with Crippen LogP contribution in [-0.2, 0) is 6.54 Å². The first-order valence-corrected chi connectivity index (χ1v) is 7.12. The van der Waals surface area contributed by atoms with Crippen LogP contribution in [0.2, 0.25) is 0 Å². The number of carbonyl (C=O) groups is 1. The van der Waals surface area contributed by atoms with Gasteiger partial charge in [-0.1, -0.05) is 19.8 Å². The summed E-state index contributed by atoms with van der Waals surface area (Å²) >= 11 is 0. The molecular formula is C15H23NO3. The van der Waals surface area contributed by atoms with Crippen LogP contribution in [0.3, 0.4) is 0 Å². The quantitative estimate of drug-likeness (QED) is 0.820. The van der Waals surface area contributed by atoms with Crippen molar-refractivity contribution in [1.29, 1.82) is 0 Å². The van der Waals surface area contributed by atoms with Crippen molar-refractivity contribution in [3.8, 4) is 0 Å². The summed E-state index contributed by atoms with van der Waals surface area (Å²) in [6.07, 6.45) is 6.31. The molecule has 19 heavy (non-hydrogen) atoms. The van der Waals surface area contributed by atoms with Crippen molar-refractivity contribution in [2.24, 2.45) is 5.92 Å². The second kappa shape index (κ2) is 6.24. The number of nitrogens with one attached hydrogen (secondary N) is 1. The number of rotatable bonds is 4. The first-order valence-electron chi connectivity index (χ1n) is 7.12. The molecule has 1 heterocycles. The van der Waals surface area contributed by atoms with E-state index in [1.807, 2.05) is 6.92 Å². The third kappa shape index (κ3) is 3.83. The third-order valence-electron chi connectivity index (χ3n) is 4.07. The molecule has 0 bridgehead atoms. The predicted molar refractivity (Wildman–Crippen MR) is 73.3 cm³/mol. The summed E-state index contributed by atoms with van der Waals surface area (Å²) < 4.78 is 5.22. The summed E-state index contributed by atoms with van der Waals surface area (Å²) in [7, 11) is 0. The molecule has 1 aromatic rings. The number of aromatic carboxylic acids is 1. The predicted octanol–water partition coefficient (Wildman–Crippen LogP) is 3.34. The second-order valence-corrected chi connectivity index (χ2v) is 5.69. The van der Waals surface area contributed by atoms with E-state index in [2.05, 4.69) is 12.2 Å². The van der Waals surface area contributed by atoms with Crippen molar-refractivity contribution in [1.82, 2.24) is 5.32 Å². The number of furan rings is 1. The van der Waals surface area contributed by atoms with Gasteiger partial charge in [0.25, 0.3) is 0 Å². The van der Waals surface area contributed by atoms with Gasteiger partial charge in [0.2, 0.25) is 5.76 Å². The highest BCUT2D eigenvalue weighted by atomic mass is 16.4. The molecule has 0 spiro atoms. The molecule has 1 aromatic heterocycles. The lowest BCUT2D eigenvalue weighted by molar-refractivity contribution is 0.0661. The highest BCUT2D eigenvalue weighted by Crippen LogP contribution is 2.23. The molecular weight excluding hydrogens is 242 g/mol. The Morgan fingerprint density at radius 3 is 2.89 bits per heavy atom. The number of hydrogen-bond donors (Lipinski definition) is 2. The lowest BCUT2D eigenvalue weighted by Gasteiger charge is -2.15. The van der Waals surface area contributed by atoms with Gasteiger partial charge in [-0.3, -0.25) is 0 Å². The zero-order valence-electron chi connectivity index (χ0n) is 11.7. The van der Waals surface area contributed by atoms with Gasteiger partial charge in [-0.15, -0.1) is 0 Å². The van der Waals surface area contributed by atoms with Crippen LogP contribution in [0, 0.1) is 12.8 Å². The Balaban J connectivity index is 1.89. The maximum absolute atomic E-state index is 10.8. The van der Waals surface area contributed by atoms with Gasteiger partial charge in [-0.05, 0) is 38.2 Å². The Kier molecular flexibility index (Phi) is 4.64. The van der Waals surface area contributed by atoms with E-state index >= 15 is 0 Å². The molecule has 0 saturated heterocycles. The Morgan fingerprint density at radius 1 is 1.42 bits per heavy atom. The van der Waals surface area contributed by atoms with E-state index < -0.39 is 5.97 Å². The summed E-state index contributed by atoms with van der Waals surface area (Å²) in [5, 5.41) is 12.4. The number of aryl methyl sites for hydroxylation is 1. The van der Waals surface area contributed by atoms with Gasteiger partial charge in [0.15, 0.2) is 0 Å². The van der Waals surface area contributed by atoms with Gasteiger partial charge in [0.1, 0.15) is 5.76 Å². The lowest BCUT2D eigenvalue weighted by Crippen LogP contribution is -2.28. The maximum atomic E-state index is 10.8. The molecule has 0 radical (unpaired) electrons. The monoisotopic (exact) mass is 265 g/mol. The molecule has 106 valence electrons. The standard InChI is InChI=1S/C15H23NO3/c1-10-4-3-5-13(7-6-10)16-9-12-8-14(15(17)18)19-11(12)2/h8,10,13,16H,3-7,9H2,1-2H3,(H,17,18). The molecule has 1 aliphatic carbocycles. The molecule has 4 nitrogen and oxygen atoms in total. The van der Waals surface area contributed by atoms with Crippen molar-refractivity contribution in [2.45, 2.75) is 58.5 Å². The highest BCUT2D eigenvalue weighted by molar-refractivity contribution is 5.84. The van der Waals surface area contributed by atoms with Crippen molar-refractivity contribution >= 4 is 5.97 Å². The summed E-state index contributed by atoms with van der Waals surface area (Å²) in [5.74, 6) is 0.564. The van der Waals surface area contributed by atoms with E-state index in [1.54, 1.807) is 6.07 Å². The Bertz CT molecular complexity index is 439. The Labute approximate surface area is 114 Å². The molecule has 0 amide bonds. The van der Waals surface area contributed by atoms with E-state index in [1.165, 1.54) is 32.1 Å². The van der Waals surface area contributed by atoms with Crippen LogP contribution >= 0.6 is 0 Å². The lowest BCUT2D eigenvalue weighted by atomic mass is 10.0. The van der Waals surface area contributed by atoms with Crippen LogP contribution in [0.1, 0.15) is 60.9 Å². The zero-order chi connectivity index (χ0) is 13.8. The third-order valence-corrected chi connectivity index (χ3v) is 4.07. The summed E-state index contributed by atoms with van der Waals surface area (Å²) in [5.41, 5.74) is 0.953. The van der Waals surface area contributed by atoms with Gasteiger partial charge < -0.3 is 14.8 Å². The molecule has 2 atom stereocenters. The minimum atomic E-state index is -1.00. The van der Waals surface area contributed by atoms with E-state index in [-0.39, 0.29) is 5.76 Å². The van der Waals surface area contributed by atoms with Gasteiger partial charge in [-0.2, -0.15) is 0 Å². The average molecular weight is 265 g/mol. The van der Waals surface area contributed by atoms with Crippen LogP contribution < -0.4 is 5.32 Å². The maximum Gasteiger partial charge on any atom is 0.371 e. The molecule has 0 aliphatic heterocycles. The van der Waals surface area contributed by atoms with Crippen molar-refractivity contribution < 1.29 is 14.3 Å². The van der Waals surface area contributed by atoms with Gasteiger partial charge in [0, 0.05) is 18.2 Å². The number of hydrogen-bond acceptors (Lipinski definition) is 3. The van der Waals surface area contributed by atoms with Crippen LogP contribution in [0.4, 0.5) is 0 Å². The average Bonchev–Trinajstić information content (AvgIpc) is 2.60. The molecule has 4 heteroatoms. The second-order valence-electron chi connectivity index (χ2n) is 5.69. The fourth-order valence-electron chi connectivity index (χ4n) is 2.75. The number of carboxylic acids is 1. The Hall–Kier alpha value is -1.29. The van der Waals surface area contributed by atoms with Crippen molar-refractivity contribution in [3.63, 3.8) is 0 Å². The van der Waals surface area contributed by atoms with Gasteiger partial charge in [0.05, 0.1) is 0 Å². The minimum Gasteiger partial charge on any atom is -0.475 e. The van der Waals surface area contributed by atoms with Gasteiger partial charge >= 0.3 is 5.97 Å². The van der Waals surface area contributed by atoms with Crippen LogP contribution in [0.25, 0.3) is 0 Å². The summed E-state index contributed by atoms with van der Waals surface area (Å²) in [4.78, 5) is 10.8. The molecule has 0 aromatic carbocycles. The topological polar surface area (TPSA) is 62.5 Å². The number of carboxylic acid groups (broad SMARTS) is 1. The molecule has 1 saturated carbocycles. The molecule has 1 aliphatic rings. The van der Waals surface area contributed by atoms with Crippen molar-refractivity contribution in [2.75, 3.05) is 0 Å². The fourth-order valence-corrected chi connectivity index (χ4v) is 2.75. The van der Waals surface area contributed by atoms with Gasteiger partial charge in [-0.25, -0.2) is 4.79 Å². The van der Waals surface area contributed by atoms with E-state index in [0.717, 1.165) is 11.5 Å². The van der Waals surface area contributed by atoms with Crippen LogP contribution in [0.5, 0.6) is 0 Å². The zero-order valence-corrected chi connectivity index (χ0v) is 11.7. The van der Waals surface area contributed by atoms with E-state index in [4.69, 9.17) is 9.52 Å². The molecule has 2 rings (SSSR count). The highest BCUT2D eigenvalue weighted by Gasteiger charge is 2.17. The van der Waals surface area contributed by atoms with E-state index in [9.17, 15) is 4.79 Å². The molecule has 2 N–H and O–H groups in total. The smallest absolute Gasteiger partial charge is 0.371 e. The van der Waals surface area contributed by atoms with Crippen molar-refractivity contribution in [3.05, 3.63) is 23.2 Å². The SMILES string of the molecule is Cc1oc(C(=O)O)cc1CNC1CCCC(C)CC1. The molecule has 1 fully saturated rings. The fraction of sp³-hybridized carbons (Fsp3) is 0.667. The van der Waals surface area contributed by atoms with Crippen LogP contribution in [-0.4, -0.2) is 17.1 Å².